The zero-order chi connectivity index (χ0) is 11.3. The molecule has 1 aliphatic carbocycles. The number of hydrogen-bond acceptors (Lipinski definition) is 2. The van der Waals surface area contributed by atoms with E-state index in [-0.39, 0.29) is 12.2 Å². The van der Waals surface area contributed by atoms with Crippen molar-refractivity contribution in [1.82, 2.24) is 5.32 Å². The minimum atomic E-state index is -0.254. The quantitative estimate of drug-likeness (QED) is 0.782. The maximum absolute atomic E-state index is 11.4. The molecular formula is C12H23NO2. The highest BCUT2D eigenvalue weighted by atomic mass is 16.6. The number of hydrogen-bond donors (Lipinski definition) is 1. The van der Waals surface area contributed by atoms with E-state index in [9.17, 15) is 4.79 Å². The van der Waals surface area contributed by atoms with Gasteiger partial charge in [-0.25, -0.2) is 4.79 Å². The third kappa shape index (κ3) is 4.10. The highest BCUT2D eigenvalue weighted by molar-refractivity contribution is 5.67. The molecule has 3 heteroatoms. The Morgan fingerprint density at radius 2 is 2.07 bits per heavy atom. The van der Waals surface area contributed by atoms with Gasteiger partial charge >= 0.3 is 6.09 Å². The van der Waals surface area contributed by atoms with Crippen molar-refractivity contribution in [1.29, 1.82) is 0 Å². The summed E-state index contributed by atoms with van der Waals surface area (Å²) in [6, 6.07) is 0.329. The van der Waals surface area contributed by atoms with Gasteiger partial charge in [-0.2, -0.15) is 0 Å². The van der Waals surface area contributed by atoms with Crippen LogP contribution in [0, 0.1) is 5.92 Å². The Balaban J connectivity index is 2.37. The maximum Gasteiger partial charge on any atom is 0.407 e. The SMILES string of the molecule is CCC1CCCCC1NC(=O)OC(C)C. The van der Waals surface area contributed by atoms with Crippen molar-refractivity contribution < 1.29 is 9.53 Å². The molecule has 1 N–H and O–H groups in total. The van der Waals surface area contributed by atoms with Crippen molar-refractivity contribution in [2.75, 3.05) is 0 Å². The van der Waals surface area contributed by atoms with Gasteiger partial charge in [0.15, 0.2) is 0 Å². The minimum Gasteiger partial charge on any atom is -0.447 e. The summed E-state index contributed by atoms with van der Waals surface area (Å²) >= 11 is 0. The molecule has 3 nitrogen and oxygen atoms in total. The highest BCUT2D eigenvalue weighted by Gasteiger charge is 2.25. The molecule has 15 heavy (non-hydrogen) atoms. The first-order valence-electron chi connectivity index (χ1n) is 6.10. The van der Waals surface area contributed by atoms with E-state index in [2.05, 4.69) is 12.2 Å². The summed E-state index contributed by atoms with van der Waals surface area (Å²) in [4.78, 5) is 11.4. The summed E-state index contributed by atoms with van der Waals surface area (Å²) in [6.07, 6.45) is 5.73. The summed E-state index contributed by atoms with van der Waals surface area (Å²) in [5.74, 6) is 0.637. The van der Waals surface area contributed by atoms with Gasteiger partial charge < -0.3 is 10.1 Å². The molecule has 1 rings (SSSR count). The van der Waals surface area contributed by atoms with Gasteiger partial charge in [-0.1, -0.05) is 26.2 Å². The Kier molecular flexibility index (Phi) is 4.92. The predicted octanol–water partition coefficient (Wildman–Crippen LogP) is 3.09. The molecule has 0 heterocycles. The van der Waals surface area contributed by atoms with Crippen LogP contribution in [0.2, 0.25) is 0 Å². The number of nitrogens with one attached hydrogen (secondary N) is 1. The molecule has 1 amide bonds. The van der Waals surface area contributed by atoms with Gasteiger partial charge in [0, 0.05) is 6.04 Å². The first kappa shape index (κ1) is 12.3. The molecule has 0 saturated heterocycles. The van der Waals surface area contributed by atoms with Gasteiger partial charge in [0.1, 0.15) is 0 Å². The molecule has 0 aromatic heterocycles. The molecule has 0 aromatic rings. The molecule has 0 aliphatic heterocycles. The lowest BCUT2D eigenvalue weighted by atomic mass is 9.83. The van der Waals surface area contributed by atoms with Gasteiger partial charge in [-0.15, -0.1) is 0 Å². The molecule has 2 atom stereocenters. The van der Waals surface area contributed by atoms with Crippen molar-refractivity contribution >= 4 is 6.09 Å². The highest BCUT2D eigenvalue weighted by Crippen LogP contribution is 2.26. The van der Waals surface area contributed by atoms with Gasteiger partial charge in [0.05, 0.1) is 6.10 Å². The van der Waals surface area contributed by atoms with Gasteiger partial charge in [0.25, 0.3) is 0 Å². The summed E-state index contributed by atoms with van der Waals surface area (Å²) in [5.41, 5.74) is 0. The lowest BCUT2D eigenvalue weighted by molar-refractivity contribution is 0.105. The number of carbonyl (C=O) groups excluding carboxylic acids is 1. The molecule has 0 aromatic carbocycles. The monoisotopic (exact) mass is 213 g/mol. The third-order valence-electron chi connectivity index (χ3n) is 3.08. The average molecular weight is 213 g/mol. The van der Waals surface area contributed by atoms with Crippen molar-refractivity contribution in [3.05, 3.63) is 0 Å². The molecule has 1 aliphatic rings. The number of carbonyl (C=O) groups is 1. The van der Waals surface area contributed by atoms with E-state index in [1.165, 1.54) is 19.3 Å². The largest absolute Gasteiger partial charge is 0.447 e. The van der Waals surface area contributed by atoms with Crippen LogP contribution in [0.1, 0.15) is 52.9 Å². The minimum absolute atomic E-state index is 0.0336. The first-order valence-corrected chi connectivity index (χ1v) is 6.10. The summed E-state index contributed by atoms with van der Waals surface area (Å²) in [5, 5.41) is 2.99. The summed E-state index contributed by atoms with van der Waals surface area (Å²) in [6.45, 7) is 5.94. The summed E-state index contributed by atoms with van der Waals surface area (Å²) in [7, 11) is 0. The lowest BCUT2D eigenvalue weighted by Gasteiger charge is -2.31. The number of amides is 1. The Morgan fingerprint density at radius 1 is 1.40 bits per heavy atom. The van der Waals surface area contributed by atoms with Crippen LogP contribution >= 0.6 is 0 Å². The van der Waals surface area contributed by atoms with Gasteiger partial charge in [-0.05, 0) is 32.6 Å². The fraction of sp³-hybridized carbons (Fsp3) is 0.917. The molecule has 1 fully saturated rings. The summed E-state index contributed by atoms with van der Waals surface area (Å²) < 4.78 is 5.10. The van der Waals surface area contributed by atoms with Gasteiger partial charge in [-0.3, -0.25) is 0 Å². The zero-order valence-electron chi connectivity index (χ0n) is 10.1. The van der Waals surface area contributed by atoms with Crippen molar-refractivity contribution in [2.45, 2.75) is 65.0 Å². The fourth-order valence-corrected chi connectivity index (χ4v) is 2.29. The number of alkyl carbamates (subject to hydrolysis) is 1. The second kappa shape index (κ2) is 5.99. The third-order valence-corrected chi connectivity index (χ3v) is 3.08. The standard InChI is InChI=1S/C12H23NO2/c1-4-10-7-5-6-8-11(10)13-12(14)15-9(2)3/h9-11H,4-8H2,1-3H3,(H,13,14). The van der Waals surface area contributed by atoms with E-state index >= 15 is 0 Å². The fourth-order valence-electron chi connectivity index (χ4n) is 2.29. The van der Waals surface area contributed by atoms with E-state index in [1.807, 2.05) is 13.8 Å². The van der Waals surface area contributed by atoms with Crippen LogP contribution in [0.15, 0.2) is 0 Å². The maximum atomic E-state index is 11.4. The predicted molar refractivity (Wildman–Crippen MR) is 60.8 cm³/mol. The van der Waals surface area contributed by atoms with Crippen LogP contribution in [0.5, 0.6) is 0 Å². The molecule has 0 bridgehead atoms. The number of rotatable bonds is 3. The van der Waals surface area contributed by atoms with Crippen molar-refractivity contribution in [3.63, 3.8) is 0 Å². The van der Waals surface area contributed by atoms with E-state index in [4.69, 9.17) is 4.74 Å². The van der Waals surface area contributed by atoms with E-state index in [1.54, 1.807) is 0 Å². The second-order valence-electron chi connectivity index (χ2n) is 4.66. The Hall–Kier alpha value is -0.730. The molecule has 1 saturated carbocycles. The normalized spacial score (nSPS) is 26.4. The average Bonchev–Trinajstić information content (AvgIpc) is 2.17. The smallest absolute Gasteiger partial charge is 0.407 e. The van der Waals surface area contributed by atoms with Gasteiger partial charge in [0.2, 0.25) is 0 Å². The molecule has 88 valence electrons. The van der Waals surface area contributed by atoms with E-state index in [0.29, 0.717) is 12.0 Å². The molecule has 0 spiro atoms. The Labute approximate surface area is 92.6 Å². The Morgan fingerprint density at radius 3 is 2.67 bits per heavy atom. The molecular weight excluding hydrogens is 190 g/mol. The van der Waals surface area contributed by atoms with Crippen molar-refractivity contribution in [3.8, 4) is 0 Å². The first-order chi connectivity index (χ1) is 7.13. The number of ether oxygens (including phenoxy) is 1. The van der Waals surface area contributed by atoms with Crippen LogP contribution in [-0.2, 0) is 4.74 Å². The van der Waals surface area contributed by atoms with E-state index in [0.717, 1.165) is 12.8 Å². The van der Waals surface area contributed by atoms with E-state index < -0.39 is 0 Å². The second-order valence-corrected chi connectivity index (χ2v) is 4.66. The van der Waals surface area contributed by atoms with Crippen LogP contribution < -0.4 is 5.32 Å². The lowest BCUT2D eigenvalue weighted by Crippen LogP contribution is -2.42. The zero-order valence-corrected chi connectivity index (χ0v) is 10.1. The van der Waals surface area contributed by atoms with Crippen LogP contribution in [-0.4, -0.2) is 18.2 Å². The topological polar surface area (TPSA) is 38.3 Å². The Bertz CT molecular complexity index is 204. The molecule has 0 radical (unpaired) electrons. The van der Waals surface area contributed by atoms with Crippen LogP contribution in [0.4, 0.5) is 4.79 Å². The van der Waals surface area contributed by atoms with Crippen LogP contribution in [0.25, 0.3) is 0 Å². The van der Waals surface area contributed by atoms with Crippen LogP contribution in [0.3, 0.4) is 0 Å². The van der Waals surface area contributed by atoms with Crippen molar-refractivity contribution in [2.24, 2.45) is 5.92 Å². The molecule has 2 unspecified atom stereocenters.